The number of amides is 2. The highest BCUT2D eigenvalue weighted by Crippen LogP contribution is 2.26. The van der Waals surface area contributed by atoms with E-state index in [4.69, 9.17) is 5.73 Å². The van der Waals surface area contributed by atoms with Gasteiger partial charge in [0.2, 0.25) is 5.91 Å². The summed E-state index contributed by atoms with van der Waals surface area (Å²) in [5.41, 5.74) is 6.23. The molecule has 1 heterocycles. The van der Waals surface area contributed by atoms with Gasteiger partial charge in [-0.25, -0.2) is 17.8 Å². The first-order chi connectivity index (χ1) is 13.7. The monoisotopic (exact) mass is 434 g/mol. The van der Waals surface area contributed by atoms with Crippen LogP contribution < -0.4 is 15.8 Å². The maximum atomic E-state index is 13.0. The Morgan fingerprint density at radius 3 is 2.28 bits per heavy atom. The van der Waals surface area contributed by atoms with E-state index in [0.29, 0.717) is 16.9 Å². The number of sulfonamides is 1. The summed E-state index contributed by atoms with van der Waals surface area (Å²) in [4.78, 5) is 27.7. The lowest BCUT2D eigenvalue weighted by Gasteiger charge is -2.05. The number of nitrogens with one attached hydrogen (secondary N) is 2. The van der Waals surface area contributed by atoms with Crippen LogP contribution in [0.15, 0.2) is 53.4 Å². The number of hydrogen-bond donors (Lipinski definition) is 3. The van der Waals surface area contributed by atoms with Crippen molar-refractivity contribution in [3.8, 4) is 0 Å². The zero-order valence-electron chi connectivity index (χ0n) is 15.0. The molecule has 0 saturated carbocycles. The molecular weight excluding hydrogens is 419 g/mol. The SMILES string of the molecule is Cc1nc(NS(=O)(=O)c2ccc(F)cc2)sc1C(=O)Nc1ccc(C(N)=O)cc1. The lowest BCUT2D eigenvalue weighted by molar-refractivity contribution is 0.0998. The van der Waals surface area contributed by atoms with E-state index in [2.05, 4.69) is 15.0 Å². The van der Waals surface area contributed by atoms with Crippen LogP contribution in [0, 0.1) is 12.7 Å². The van der Waals surface area contributed by atoms with E-state index in [9.17, 15) is 22.4 Å². The third-order valence-electron chi connectivity index (χ3n) is 3.78. The second-order valence-electron chi connectivity index (χ2n) is 5.89. The number of halogens is 1. The Labute approximate surface area is 169 Å². The number of nitrogens with zero attached hydrogens (tertiary/aromatic N) is 1. The molecular formula is C18H15FN4O4S2. The number of aryl methyl sites for hydroxylation is 1. The number of carbonyl (C=O) groups excluding carboxylic acids is 2. The van der Waals surface area contributed by atoms with Gasteiger partial charge in [-0.15, -0.1) is 0 Å². The summed E-state index contributed by atoms with van der Waals surface area (Å²) in [5.74, 6) is -1.63. The summed E-state index contributed by atoms with van der Waals surface area (Å²) < 4.78 is 40.0. The fourth-order valence-corrected chi connectivity index (χ4v) is 4.44. The third kappa shape index (κ3) is 4.76. The molecule has 3 rings (SSSR count). The number of nitrogens with two attached hydrogens (primary N) is 1. The van der Waals surface area contributed by atoms with Crippen LogP contribution in [-0.2, 0) is 10.0 Å². The number of thiazole rings is 1. The van der Waals surface area contributed by atoms with E-state index in [1.165, 1.54) is 24.3 Å². The topological polar surface area (TPSA) is 131 Å². The van der Waals surface area contributed by atoms with Crippen molar-refractivity contribution >= 4 is 44.0 Å². The van der Waals surface area contributed by atoms with Crippen molar-refractivity contribution in [3.63, 3.8) is 0 Å². The van der Waals surface area contributed by atoms with Crippen LogP contribution in [0.4, 0.5) is 15.2 Å². The molecule has 2 amide bonds. The van der Waals surface area contributed by atoms with Crippen molar-refractivity contribution in [1.29, 1.82) is 0 Å². The van der Waals surface area contributed by atoms with Crippen molar-refractivity contribution in [1.82, 2.24) is 4.98 Å². The summed E-state index contributed by atoms with van der Waals surface area (Å²) in [5, 5.41) is 2.64. The number of hydrogen-bond acceptors (Lipinski definition) is 6. The molecule has 0 fully saturated rings. The fourth-order valence-electron chi connectivity index (χ4n) is 2.34. The first-order valence-electron chi connectivity index (χ1n) is 8.13. The van der Waals surface area contributed by atoms with Gasteiger partial charge >= 0.3 is 0 Å². The van der Waals surface area contributed by atoms with Gasteiger partial charge in [0, 0.05) is 11.3 Å². The Hall–Kier alpha value is -3.31. The van der Waals surface area contributed by atoms with Crippen LogP contribution in [0.3, 0.4) is 0 Å². The molecule has 0 saturated heterocycles. The minimum Gasteiger partial charge on any atom is -0.366 e. The number of primary amides is 1. The molecule has 29 heavy (non-hydrogen) atoms. The molecule has 0 aliphatic heterocycles. The van der Waals surface area contributed by atoms with Crippen molar-refractivity contribution in [3.05, 3.63) is 70.5 Å². The van der Waals surface area contributed by atoms with Gasteiger partial charge < -0.3 is 11.1 Å². The Bertz CT molecular complexity index is 1170. The lowest BCUT2D eigenvalue weighted by atomic mass is 10.2. The molecule has 3 aromatic rings. The van der Waals surface area contributed by atoms with Crippen LogP contribution in [0.1, 0.15) is 25.7 Å². The Balaban J connectivity index is 1.76. The molecule has 2 aromatic carbocycles. The van der Waals surface area contributed by atoms with Crippen LogP contribution in [-0.4, -0.2) is 25.2 Å². The molecule has 4 N–H and O–H groups in total. The third-order valence-corrected chi connectivity index (χ3v) is 6.33. The molecule has 0 spiro atoms. The Kier molecular flexibility index (Phi) is 5.62. The minimum absolute atomic E-state index is 0.000973. The predicted molar refractivity (Wildman–Crippen MR) is 107 cm³/mol. The Morgan fingerprint density at radius 1 is 1.07 bits per heavy atom. The standard InChI is InChI=1S/C18H15FN4O4S2/c1-10-15(17(25)22-13-6-2-11(3-7-13)16(20)24)28-18(21-10)23-29(26,27)14-8-4-12(19)5-9-14/h2-9H,1H3,(H2,20,24)(H,21,23)(H,22,25). The first kappa shape index (κ1) is 20.4. The number of carbonyl (C=O) groups is 2. The van der Waals surface area contributed by atoms with Gasteiger partial charge in [0.15, 0.2) is 5.13 Å². The van der Waals surface area contributed by atoms with Crippen molar-refractivity contribution < 1.29 is 22.4 Å². The molecule has 150 valence electrons. The van der Waals surface area contributed by atoms with E-state index in [0.717, 1.165) is 35.6 Å². The van der Waals surface area contributed by atoms with Crippen LogP contribution in [0.25, 0.3) is 0 Å². The smallest absolute Gasteiger partial charge is 0.267 e. The highest BCUT2D eigenvalue weighted by molar-refractivity contribution is 7.93. The summed E-state index contributed by atoms with van der Waals surface area (Å²) >= 11 is 0.858. The van der Waals surface area contributed by atoms with E-state index in [-0.39, 0.29) is 14.9 Å². The van der Waals surface area contributed by atoms with Gasteiger partial charge in [0.25, 0.3) is 15.9 Å². The molecule has 11 heteroatoms. The van der Waals surface area contributed by atoms with Crippen LogP contribution in [0.5, 0.6) is 0 Å². The minimum atomic E-state index is -3.98. The zero-order chi connectivity index (χ0) is 21.2. The molecule has 0 aliphatic carbocycles. The van der Waals surface area contributed by atoms with Gasteiger partial charge in [0.1, 0.15) is 10.7 Å². The maximum absolute atomic E-state index is 13.0. The number of benzene rings is 2. The molecule has 1 aromatic heterocycles. The first-order valence-corrected chi connectivity index (χ1v) is 10.4. The quantitative estimate of drug-likeness (QED) is 0.549. The zero-order valence-corrected chi connectivity index (χ0v) is 16.6. The predicted octanol–water partition coefficient (Wildman–Crippen LogP) is 2.74. The average molecular weight is 434 g/mol. The number of anilines is 2. The van der Waals surface area contributed by atoms with Gasteiger partial charge in [0.05, 0.1) is 10.6 Å². The molecule has 0 radical (unpaired) electrons. The maximum Gasteiger partial charge on any atom is 0.267 e. The molecule has 0 aliphatic rings. The second-order valence-corrected chi connectivity index (χ2v) is 8.57. The largest absolute Gasteiger partial charge is 0.366 e. The number of rotatable bonds is 6. The lowest BCUT2D eigenvalue weighted by Crippen LogP contribution is -2.13. The van der Waals surface area contributed by atoms with Gasteiger partial charge in [-0.2, -0.15) is 0 Å². The second kappa shape index (κ2) is 7.97. The van der Waals surface area contributed by atoms with E-state index < -0.39 is 27.7 Å². The molecule has 0 bridgehead atoms. The molecule has 0 atom stereocenters. The van der Waals surface area contributed by atoms with Gasteiger partial charge in [-0.3, -0.25) is 14.3 Å². The summed E-state index contributed by atoms with van der Waals surface area (Å²) in [6.45, 7) is 1.57. The summed E-state index contributed by atoms with van der Waals surface area (Å²) in [6.07, 6.45) is 0. The Morgan fingerprint density at radius 2 is 1.69 bits per heavy atom. The van der Waals surface area contributed by atoms with Crippen molar-refractivity contribution in [2.45, 2.75) is 11.8 Å². The van der Waals surface area contributed by atoms with E-state index in [1.807, 2.05) is 0 Å². The summed E-state index contributed by atoms with van der Waals surface area (Å²) in [7, 11) is -3.98. The number of aromatic nitrogens is 1. The van der Waals surface area contributed by atoms with E-state index in [1.54, 1.807) is 6.92 Å². The summed E-state index contributed by atoms with van der Waals surface area (Å²) in [6, 6.07) is 10.3. The van der Waals surface area contributed by atoms with Crippen LogP contribution in [0.2, 0.25) is 0 Å². The van der Waals surface area contributed by atoms with Gasteiger partial charge in [-0.05, 0) is 55.5 Å². The van der Waals surface area contributed by atoms with Gasteiger partial charge in [-0.1, -0.05) is 11.3 Å². The van der Waals surface area contributed by atoms with Crippen molar-refractivity contribution in [2.75, 3.05) is 10.0 Å². The fraction of sp³-hybridized carbons (Fsp3) is 0.0556. The highest BCUT2D eigenvalue weighted by atomic mass is 32.2. The van der Waals surface area contributed by atoms with Crippen LogP contribution >= 0.6 is 11.3 Å². The van der Waals surface area contributed by atoms with Crippen molar-refractivity contribution in [2.24, 2.45) is 5.73 Å². The van der Waals surface area contributed by atoms with E-state index >= 15 is 0 Å². The average Bonchev–Trinajstić information content (AvgIpc) is 3.02. The molecule has 0 unspecified atom stereocenters. The highest BCUT2D eigenvalue weighted by Gasteiger charge is 2.20. The molecule has 8 nitrogen and oxygen atoms in total. The normalized spacial score (nSPS) is 11.1.